The third-order valence-corrected chi connectivity index (χ3v) is 3.06. The fourth-order valence-corrected chi connectivity index (χ4v) is 1.92. The smallest absolute Gasteiger partial charge is 0.416 e. The topological polar surface area (TPSA) is 103 Å². The Kier molecular flexibility index (Phi) is 5.72. The maximum absolute atomic E-state index is 12.8. The number of rotatable bonds is 5. The van der Waals surface area contributed by atoms with Gasteiger partial charge in [-0.2, -0.15) is 18.3 Å². The van der Waals surface area contributed by atoms with Gasteiger partial charge in [-0.15, -0.1) is 0 Å². The van der Waals surface area contributed by atoms with E-state index in [0.717, 1.165) is 30.5 Å². The van der Waals surface area contributed by atoms with Crippen molar-refractivity contribution >= 4 is 29.2 Å². The molecule has 26 heavy (non-hydrogen) atoms. The van der Waals surface area contributed by atoms with Crippen LogP contribution in [0.5, 0.6) is 11.5 Å². The first-order chi connectivity index (χ1) is 12.2. The molecule has 0 aliphatic heterocycles. The molecule has 0 amide bonds. The Morgan fingerprint density at radius 2 is 2.04 bits per heavy atom. The number of nitro benzene ring substituents is 1. The van der Waals surface area contributed by atoms with Crippen molar-refractivity contribution < 1.29 is 22.8 Å². The fourth-order valence-electron chi connectivity index (χ4n) is 1.87. The summed E-state index contributed by atoms with van der Waals surface area (Å²) < 4.78 is 43.8. The van der Waals surface area contributed by atoms with Gasteiger partial charge in [-0.3, -0.25) is 15.5 Å². The predicted octanol–water partition coefficient (Wildman–Crippen LogP) is 3.57. The van der Waals surface area contributed by atoms with Crippen molar-refractivity contribution in [3.8, 4) is 11.5 Å². The number of ether oxygens (including phenoxy) is 1. The molecule has 0 saturated carbocycles. The first-order valence-electron chi connectivity index (χ1n) is 6.89. The average molecular weight is 384 g/mol. The van der Waals surface area contributed by atoms with Gasteiger partial charge in [0.2, 0.25) is 0 Å². The Balaban J connectivity index is 2.37. The molecule has 0 aliphatic carbocycles. The number of nitrogens with zero attached hydrogens (tertiary/aromatic N) is 2. The Labute approximate surface area is 150 Å². The number of nitro groups is 1. The quantitative estimate of drug-likeness (QED) is 0.354. The first kappa shape index (κ1) is 19.1. The van der Waals surface area contributed by atoms with Crippen LogP contribution in [-0.4, -0.2) is 16.3 Å². The number of nitrogens with one attached hydrogen (secondary N) is 1. The second-order valence-corrected chi connectivity index (χ2v) is 5.28. The van der Waals surface area contributed by atoms with Crippen LogP contribution in [0, 0.1) is 10.1 Å². The zero-order valence-corrected chi connectivity index (χ0v) is 13.7. The van der Waals surface area contributed by atoms with Crippen LogP contribution in [0.1, 0.15) is 11.1 Å². The molecule has 0 spiro atoms. The van der Waals surface area contributed by atoms with Crippen LogP contribution >= 0.6 is 12.2 Å². The van der Waals surface area contributed by atoms with Gasteiger partial charge in [0.15, 0.2) is 5.11 Å². The SMILES string of the molecule is NC(=S)NN=Cc1cc([N+](=O)[O-])ccc1Oc1cccc(C(F)(F)F)c1. The molecule has 0 aromatic heterocycles. The van der Waals surface area contributed by atoms with E-state index in [1.54, 1.807) is 0 Å². The van der Waals surface area contributed by atoms with E-state index in [9.17, 15) is 23.3 Å². The number of nitrogens with two attached hydrogens (primary N) is 1. The van der Waals surface area contributed by atoms with Gasteiger partial charge in [0.1, 0.15) is 11.5 Å². The predicted molar refractivity (Wildman–Crippen MR) is 92.1 cm³/mol. The Morgan fingerprint density at radius 1 is 1.31 bits per heavy atom. The van der Waals surface area contributed by atoms with E-state index in [4.69, 9.17) is 10.5 Å². The standard InChI is InChI=1S/C15H11F3N4O3S/c16-15(17,18)10-2-1-3-12(7-10)25-13-5-4-11(22(23)24)6-9(13)8-20-21-14(19)26/h1-8H,(H3,19,21,26). The number of hydrazone groups is 1. The molecule has 0 aliphatic rings. The molecule has 0 saturated heterocycles. The van der Waals surface area contributed by atoms with E-state index >= 15 is 0 Å². The summed E-state index contributed by atoms with van der Waals surface area (Å²) in [7, 11) is 0. The highest BCUT2D eigenvalue weighted by Crippen LogP contribution is 2.33. The number of hydrogen-bond donors (Lipinski definition) is 2. The molecule has 2 aromatic carbocycles. The van der Waals surface area contributed by atoms with Crippen molar-refractivity contribution in [3.63, 3.8) is 0 Å². The minimum Gasteiger partial charge on any atom is -0.457 e. The number of thiocarbonyl (C=S) groups is 1. The molecular formula is C15H11F3N4O3S. The summed E-state index contributed by atoms with van der Waals surface area (Å²) in [6.45, 7) is 0. The molecule has 7 nitrogen and oxygen atoms in total. The van der Waals surface area contributed by atoms with Crippen molar-refractivity contribution in [2.45, 2.75) is 6.18 Å². The molecule has 0 radical (unpaired) electrons. The van der Waals surface area contributed by atoms with Gasteiger partial charge < -0.3 is 10.5 Å². The molecule has 0 unspecified atom stereocenters. The zero-order valence-electron chi connectivity index (χ0n) is 12.9. The van der Waals surface area contributed by atoms with Gasteiger partial charge in [-0.25, -0.2) is 0 Å². The minimum absolute atomic E-state index is 0.0587. The second kappa shape index (κ2) is 7.78. The Morgan fingerprint density at radius 3 is 2.65 bits per heavy atom. The molecular weight excluding hydrogens is 373 g/mol. The van der Waals surface area contributed by atoms with Gasteiger partial charge in [0.25, 0.3) is 5.69 Å². The van der Waals surface area contributed by atoms with Crippen molar-refractivity contribution in [1.29, 1.82) is 0 Å². The number of non-ortho nitro benzene ring substituents is 1. The number of alkyl halides is 3. The van der Waals surface area contributed by atoms with Crippen molar-refractivity contribution in [2.24, 2.45) is 10.8 Å². The van der Waals surface area contributed by atoms with Crippen LogP contribution in [0.4, 0.5) is 18.9 Å². The van der Waals surface area contributed by atoms with E-state index in [2.05, 4.69) is 22.7 Å². The molecule has 2 rings (SSSR count). The van der Waals surface area contributed by atoms with Crippen LogP contribution in [-0.2, 0) is 6.18 Å². The van der Waals surface area contributed by atoms with E-state index in [1.807, 2.05) is 0 Å². The fraction of sp³-hybridized carbons (Fsp3) is 0.0667. The molecule has 0 bridgehead atoms. The molecule has 3 N–H and O–H groups in total. The molecule has 0 heterocycles. The van der Waals surface area contributed by atoms with Crippen LogP contribution in [0.15, 0.2) is 47.6 Å². The lowest BCUT2D eigenvalue weighted by Crippen LogP contribution is -2.24. The van der Waals surface area contributed by atoms with Gasteiger partial charge in [-0.05, 0) is 36.5 Å². The highest BCUT2D eigenvalue weighted by molar-refractivity contribution is 7.80. The highest BCUT2D eigenvalue weighted by atomic mass is 32.1. The summed E-state index contributed by atoms with van der Waals surface area (Å²) in [5.41, 5.74) is 6.48. The molecule has 0 fully saturated rings. The van der Waals surface area contributed by atoms with Crippen LogP contribution in [0.3, 0.4) is 0 Å². The van der Waals surface area contributed by atoms with Crippen LogP contribution < -0.4 is 15.9 Å². The average Bonchev–Trinajstić information content (AvgIpc) is 2.55. The lowest BCUT2D eigenvalue weighted by atomic mass is 10.2. The van der Waals surface area contributed by atoms with E-state index in [0.29, 0.717) is 0 Å². The van der Waals surface area contributed by atoms with Crippen LogP contribution in [0.25, 0.3) is 0 Å². The van der Waals surface area contributed by atoms with Gasteiger partial charge >= 0.3 is 6.18 Å². The zero-order chi connectivity index (χ0) is 19.3. The summed E-state index contributed by atoms with van der Waals surface area (Å²) in [5.74, 6) is -0.0333. The summed E-state index contributed by atoms with van der Waals surface area (Å²) in [5, 5.41) is 14.4. The maximum atomic E-state index is 12.8. The lowest BCUT2D eigenvalue weighted by molar-refractivity contribution is -0.384. The van der Waals surface area contributed by atoms with Crippen molar-refractivity contribution in [2.75, 3.05) is 0 Å². The van der Waals surface area contributed by atoms with Gasteiger partial charge in [0, 0.05) is 17.7 Å². The van der Waals surface area contributed by atoms with Crippen LogP contribution in [0.2, 0.25) is 0 Å². The lowest BCUT2D eigenvalue weighted by Gasteiger charge is -2.11. The third-order valence-electron chi connectivity index (χ3n) is 2.97. The molecule has 11 heteroatoms. The monoisotopic (exact) mass is 384 g/mol. The van der Waals surface area contributed by atoms with Gasteiger partial charge in [0.05, 0.1) is 16.7 Å². The van der Waals surface area contributed by atoms with Crippen molar-refractivity contribution in [3.05, 3.63) is 63.7 Å². The number of hydrogen-bond acceptors (Lipinski definition) is 5. The Bertz CT molecular complexity index is 871. The molecule has 136 valence electrons. The first-order valence-corrected chi connectivity index (χ1v) is 7.29. The van der Waals surface area contributed by atoms with Crippen molar-refractivity contribution in [1.82, 2.24) is 5.43 Å². The molecule has 2 aromatic rings. The normalized spacial score (nSPS) is 11.3. The summed E-state index contributed by atoms with van der Waals surface area (Å²) in [4.78, 5) is 10.3. The Hall–Kier alpha value is -3.21. The maximum Gasteiger partial charge on any atom is 0.416 e. The van der Waals surface area contributed by atoms with Gasteiger partial charge in [-0.1, -0.05) is 6.07 Å². The highest BCUT2D eigenvalue weighted by Gasteiger charge is 2.30. The second-order valence-electron chi connectivity index (χ2n) is 4.84. The van der Waals surface area contributed by atoms with E-state index in [-0.39, 0.29) is 27.9 Å². The summed E-state index contributed by atoms with van der Waals surface area (Å²) in [6.07, 6.45) is -3.38. The number of benzene rings is 2. The molecule has 0 atom stereocenters. The largest absolute Gasteiger partial charge is 0.457 e. The van der Waals surface area contributed by atoms with E-state index in [1.165, 1.54) is 18.2 Å². The third kappa shape index (κ3) is 5.14. The summed E-state index contributed by atoms with van der Waals surface area (Å²) in [6, 6.07) is 7.78. The summed E-state index contributed by atoms with van der Waals surface area (Å²) >= 11 is 4.57. The minimum atomic E-state index is -4.53. The van der Waals surface area contributed by atoms with E-state index < -0.39 is 16.7 Å². The number of halogens is 3.